The molecular formula is C20H15NO5S. The van der Waals surface area contributed by atoms with Crippen LogP contribution >= 0.6 is 11.3 Å². The molecule has 0 fully saturated rings. The van der Waals surface area contributed by atoms with Crippen LogP contribution in [-0.2, 0) is 20.7 Å². The highest BCUT2D eigenvalue weighted by Crippen LogP contribution is 2.48. The van der Waals surface area contributed by atoms with E-state index in [0.717, 1.165) is 9.78 Å². The van der Waals surface area contributed by atoms with Gasteiger partial charge in [-0.15, -0.1) is 11.3 Å². The van der Waals surface area contributed by atoms with Crippen molar-refractivity contribution in [2.75, 3.05) is 14.2 Å². The minimum absolute atomic E-state index is 0.0272. The Morgan fingerprint density at radius 1 is 1.07 bits per heavy atom. The average molecular weight is 381 g/mol. The lowest BCUT2D eigenvalue weighted by Gasteiger charge is -2.27. The van der Waals surface area contributed by atoms with E-state index in [2.05, 4.69) is 0 Å². The monoisotopic (exact) mass is 381 g/mol. The van der Waals surface area contributed by atoms with Crippen LogP contribution in [0.25, 0.3) is 0 Å². The van der Waals surface area contributed by atoms with E-state index in [-0.39, 0.29) is 28.8 Å². The van der Waals surface area contributed by atoms with Crippen LogP contribution in [0, 0.1) is 5.41 Å². The summed E-state index contributed by atoms with van der Waals surface area (Å²) in [5, 5.41) is 1.82. The maximum atomic E-state index is 13.3. The summed E-state index contributed by atoms with van der Waals surface area (Å²) in [6.45, 7) is 0. The smallest absolute Gasteiger partial charge is 0.326 e. The first-order valence-corrected chi connectivity index (χ1v) is 9.13. The van der Waals surface area contributed by atoms with Gasteiger partial charge in [-0.05, 0) is 11.4 Å². The number of nitrogens with zero attached hydrogens (tertiary/aromatic N) is 1. The summed E-state index contributed by atoms with van der Waals surface area (Å²) in [4.78, 5) is 54.3. The van der Waals surface area contributed by atoms with Crippen molar-refractivity contribution in [2.45, 2.75) is 6.42 Å². The number of allylic oxidation sites excluding steroid dienone is 1. The minimum atomic E-state index is -1.86. The van der Waals surface area contributed by atoms with Gasteiger partial charge in [0, 0.05) is 29.5 Å². The van der Waals surface area contributed by atoms with Crippen LogP contribution in [-0.4, -0.2) is 42.5 Å². The molecule has 0 N–H and O–H groups in total. The molecule has 0 saturated heterocycles. The number of amides is 1. The molecule has 1 aromatic heterocycles. The van der Waals surface area contributed by atoms with Gasteiger partial charge in [-0.25, -0.2) is 0 Å². The van der Waals surface area contributed by atoms with Crippen LogP contribution in [0.2, 0.25) is 0 Å². The number of hydrogen-bond acceptors (Lipinski definition) is 6. The first-order valence-electron chi connectivity index (χ1n) is 8.25. The Bertz CT molecular complexity index is 1040. The Hall–Kier alpha value is -3.06. The average Bonchev–Trinajstić information content (AvgIpc) is 3.27. The molecule has 0 saturated carbocycles. The highest BCUT2D eigenvalue weighted by atomic mass is 32.1. The van der Waals surface area contributed by atoms with E-state index in [1.807, 2.05) is 5.38 Å². The molecule has 136 valence electrons. The summed E-state index contributed by atoms with van der Waals surface area (Å²) < 4.78 is 4.95. The number of likely N-dealkylation sites (N-methyl/N-ethyl adjacent to an activating group) is 1. The zero-order chi connectivity index (χ0) is 19.3. The number of esters is 1. The van der Waals surface area contributed by atoms with Gasteiger partial charge in [-0.1, -0.05) is 30.3 Å². The van der Waals surface area contributed by atoms with Gasteiger partial charge in [0.15, 0.2) is 11.2 Å². The first kappa shape index (κ1) is 17.4. The maximum Gasteiger partial charge on any atom is 0.326 e. The molecular weight excluding hydrogens is 366 g/mol. The fourth-order valence-corrected chi connectivity index (χ4v) is 4.64. The second-order valence-electron chi connectivity index (χ2n) is 6.44. The van der Waals surface area contributed by atoms with Gasteiger partial charge < -0.3 is 9.64 Å². The van der Waals surface area contributed by atoms with Crippen molar-refractivity contribution in [1.82, 2.24) is 4.90 Å². The molecule has 1 unspecified atom stereocenters. The van der Waals surface area contributed by atoms with Gasteiger partial charge in [0.25, 0.3) is 0 Å². The molecule has 4 rings (SSSR count). The number of rotatable bonds is 3. The minimum Gasteiger partial charge on any atom is -0.468 e. The molecule has 1 aromatic carbocycles. The summed E-state index contributed by atoms with van der Waals surface area (Å²) in [7, 11) is 2.59. The highest BCUT2D eigenvalue weighted by molar-refractivity contribution is 7.09. The van der Waals surface area contributed by atoms with Gasteiger partial charge in [0.2, 0.25) is 11.7 Å². The van der Waals surface area contributed by atoms with E-state index in [9.17, 15) is 19.2 Å². The number of methoxy groups -OCH3 is 1. The molecule has 1 aliphatic heterocycles. The lowest BCUT2D eigenvalue weighted by molar-refractivity contribution is -0.157. The van der Waals surface area contributed by atoms with Gasteiger partial charge in [0.05, 0.1) is 12.7 Å². The van der Waals surface area contributed by atoms with Gasteiger partial charge in [-0.3, -0.25) is 19.2 Å². The van der Waals surface area contributed by atoms with Crippen LogP contribution in [0.15, 0.2) is 53.0 Å². The molecule has 7 heteroatoms. The number of carbonyl (C=O) groups is 4. The summed E-state index contributed by atoms with van der Waals surface area (Å²) >= 11 is 1.37. The van der Waals surface area contributed by atoms with E-state index >= 15 is 0 Å². The second-order valence-corrected chi connectivity index (χ2v) is 7.48. The fraction of sp³-hybridized carbons (Fsp3) is 0.200. The van der Waals surface area contributed by atoms with Crippen molar-refractivity contribution in [1.29, 1.82) is 0 Å². The zero-order valence-corrected chi connectivity index (χ0v) is 15.5. The predicted molar refractivity (Wildman–Crippen MR) is 97.4 cm³/mol. The lowest BCUT2D eigenvalue weighted by Crippen LogP contribution is -2.46. The Kier molecular flexibility index (Phi) is 3.85. The van der Waals surface area contributed by atoms with Gasteiger partial charge in [-0.2, -0.15) is 0 Å². The number of benzene rings is 1. The second kappa shape index (κ2) is 5.99. The van der Waals surface area contributed by atoms with Crippen molar-refractivity contribution >= 4 is 34.8 Å². The van der Waals surface area contributed by atoms with Crippen LogP contribution < -0.4 is 0 Å². The molecule has 0 radical (unpaired) electrons. The number of ether oxygens (including phenoxy) is 1. The molecule has 1 atom stereocenters. The molecule has 2 aliphatic rings. The van der Waals surface area contributed by atoms with Crippen LogP contribution in [0.5, 0.6) is 0 Å². The molecule has 1 aliphatic carbocycles. The molecule has 2 heterocycles. The first-order chi connectivity index (χ1) is 12.9. The summed E-state index contributed by atoms with van der Waals surface area (Å²) in [6.07, 6.45) is -0.0272. The Labute approximate surface area is 159 Å². The lowest BCUT2D eigenvalue weighted by atomic mass is 9.71. The third kappa shape index (κ3) is 2.18. The van der Waals surface area contributed by atoms with Crippen molar-refractivity contribution in [3.8, 4) is 0 Å². The van der Waals surface area contributed by atoms with Crippen molar-refractivity contribution in [2.24, 2.45) is 5.41 Å². The van der Waals surface area contributed by atoms with E-state index in [1.165, 1.54) is 31.6 Å². The molecule has 0 spiro atoms. The van der Waals surface area contributed by atoms with Crippen LogP contribution in [0.1, 0.15) is 25.6 Å². The van der Waals surface area contributed by atoms with Gasteiger partial charge in [0.1, 0.15) is 5.70 Å². The number of ketones is 2. The third-order valence-corrected chi connectivity index (χ3v) is 5.96. The van der Waals surface area contributed by atoms with Crippen LogP contribution in [0.4, 0.5) is 0 Å². The van der Waals surface area contributed by atoms with Gasteiger partial charge >= 0.3 is 5.97 Å². The topological polar surface area (TPSA) is 80.8 Å². The van der Waals surface area contributed by atoms with Crippen molar-refractivity contribution in [3.63, 3.8) is 0 Å². The predicted octanol–water partition coefficient (Wildman–Crippen LogP) is 2.26. The Balaban J connectivity index is 2.00. The standard InChI is InChI=1S/C20H15NO5S/c1-21-15-14(16(22)12-7-3-4-8-13(12)17(15)23)20(18(21)24,19(25)26-2)10-11-6-5-9-27-11/h3-9H,10H2,1-2H3. The van der Waals surface area contributed by atoms with Crippen molar-refractivity contribution < 1.29 is 23.9 Å². The SMILES string of the molecule is COC(=O)C1(Cc2cccs2)C(=O)N(C)C2=C1C(=O)c1ccccc1C2=O. The van der Waals surface area contributed by atoms with E-state index < -0.39 is 28.9 Å². The normalized spacial score (nSPS) is 21.4. The van der Waals surface area contributed by atoms with Crippen LogP contribution in [0.3, 0.4) is 0 Å². The number of carbonyl (C=O) groups excluding carboxylic acids is 4. The molecule has 0 bridgehead atoms. The molecule has 6 nitrogen and oxygen atoms in total. The molecule has 27 heavy (non-hydrogen) atoms. The van der Waals surface area contributed by atoms with E-state index in [1.54, 1.807) is 30.3 Å². The van der Waals surface area contributed by atoms with E-state index in [0.29, 0.717) is 0 Å². The van der Waals surface area contributed by atoms with Crippen molar-refractivity contribution in [3.05, 3.63) is 69.1 Å². The molecule has 2 aromatic rings. The number of Topliss-reactive ketones (excluding diaryl/α,β-unsaturated/α-hetero) is 2. The zero-order valence-electron chi connectivity index (χ0n) is 14.6. The maximum absolute atomic E-state index is 13.3. The third-order valence-electron chi connectivity index (χ3n) is 5.08. The quantitative estimate of drug-likeness (QED) is 0.602. The summed E-state index contributed by atoms with van der Waals surface area (Å²) in [6, 6.07) is 9.97. The largest absolute Gasteiger partial charge is 0.468 e. The highest BCUT2D eigenvalue weighted by Gasteiger charge is 2.62. The molecule has 1 amide bonds. The number of hydrogen-bond donors (Lipinski definition) is 0. The van der Waals surface area contributed by atoms with E-state index in [4.69, 9.17) is 4.74 Å². The number of thiophene rings is 1. The summed E-state index contributed by atoms with van der Waals surface area (Å²) in [5.74, 6) is -2.38. The Morgan fingerprint density at radius 2 is 1.74 bits per heavy atom. The fourth-order valence-electron chi connectivity index (χ4n) is 3.85. The summed E-state index contributed by atoms with van der Waals surface area (Å²) in [5.41, 5.74) is -1.55. The Morgan fingerprint density at radius 3 is 2.33 bits per heavy atom. The number of fused-ring (bicyclic) bond motifs is 1.